The highest BCUT2D eigenvalue weighted by Gasteiger charge is 2.01. The van der Waals surface area contributed by atoms with Gasteiger partial charge in [-0.05, 0) is 39.0 Å². The molecular weight excluding hydrogens is 314 g/mol. The molecular formula is C12H14BrN3OS. The number of rotatable bonds is 4. The van der Waals surface area contributed by atoms with Gasteiger partial charge in [-0.15, -0.1) is 11.3 Å². The van der Waals surface area contributed by atoms with Crippen LogP contribution in [0.4, 0.5) is 0 Å². The number of guanidine groups is 1. The van der Waals surface area contributed by atoms with E-state index < -0.39 is 0 Å². The fraction of sp³-hybridized carbons (Fsp3) is 0.250. The number of nitrogens with zero attached hydrogens (tertiary/aromatic N) is 1. The lowest BCUT2D eigenvalue weighted by atomic mass is 10.3. The Morgan fingerprint density at radius 3 is 2.72 bits per heavy atom. The number of aliphatic imine (C=N–C) groups is 1. The topological polar surface area (TPSA) is 49.6 Å². The summed E-state index contributed by atoms with van der Waals surface area (Å²) in [6, 6.07) is 4.03. The first-order chi connectivity index (χ1) is 8.78. The molecule has 0 saturated carbocycles. The highest BCUT2D eigenvalue weighted by Crippen LogP contribution is 2.20. The van der Waals surface area contributed by atoms with Gasteiger partial charge in [0.1, 0.15) is 0 Å². The highest BCUT2D eigenvalue weighted by atomic mass is 79.9. The van der Waals surface area contributed by atoms with Gasteiger partial charge >= 0.3 is 0 Å². The van der Waals surface area contributed by atoms with E-state index >= 15 is 0 Å². The maximum absolute atomic E-state index is 5.01. The first kappa shape index (κ1) is 13.2. The molecule has 0 aliphatic rings. The summed E-state index contributed by atoms with van der Waals surface area (Å²) in [5.74, 6) is 0.776. The van der Waals surface area contributed by atoms with Gasteiger partial charge in [0.15, 0.2) is 5.96 Å². The molecule has 0 aromatic carbocycles. The van der Waals surface area contributed by atoms with Gasteiger partial charge in [-0.2, -0.15) is 0 Å². The molecule has 18 heavy (non-hydrogen) atoms. The molecule has 0 radical (unpaired) electrons. The number of nitrogens with one attached hydrogen (secondary N) is 2. The maximum atomic E-state index is 5.01. The monoisotopic (exact) mass is 327 g/mol. The molecule has 0 fully saturated rings. The van der Waals surface area contributed by atoms with Crippen LogP contribution in [0.2, 0.25) is 0 Å². The first-order valence-corrected chi connectivity index (χ1v) is 7.13. The van der Waals surface area contributed by atoms with Crippen LogP contribution in [0.25, 0.3) is 0 Å². The van der Waals surface area contributed by atoms with Crippen molar-refractivity contribution in [2.24, 2.45) is 4.99 Å². The Bertz CT molecular complexity index is 507. The lowest BCUT2D eigenvalue weighted by molar-refractivity contribution is 0.563. The zero-order valence-electron chi connectivity index (χ0n) is 9.94. The van der Waals surface area contributed by atoms with Crippen molar-refractivity contribution in [1.29, 1.82) is 0 Å². The molecule has 0 atom stereocenters. The van der Waals surface area contributed by atoms with Crippen LogP contribution in [0.1, 0.15) is 11.1 Å². The van der Waals surface area contributed by atoms with Crippen molar-refractivity contribution in [3.63, 3.8) is 0 Å². The van der Waals surface area contributed by atoms with Gasteiger partial charge in [-0.3, -0.25) is 4.99 Å². The van der Waals surface area contributed by atoms with Gasteiger partial charge < -0.3 is 15.1 Å². The van der Waals surface area contributed by atoms with Gasteiger partial charge in [0.05, 0.1) is 16.3 Å². The normalized spacial score (nSPS) is 11.6. The largest absolute Gasteiger partial charge is 0.472 e. The van der Waals surface area contributed by atoms with Crippen LogP contribution >= 0.6 is 27.3 Å². The molecule has 96 valence electrons. The summed E-state index contributed by atoms with van der Waals surface area (Å²) in [5, 5.41) is 8.59. The Labute approximate surface area is 118 Å². The van der Waals surface area contributed by atoms with Crippen LogP contribution in [0.15, 0.2) is 43.2 Å². The Kier molecular flexibility index (Phi) is 4.83. The molecule has 2 aromatic rings. The van der Waals surface area contributed by atoms with Crippen molar-refractivity contribution in [2.75, 3.05) is 7.05 Å². The molecule has 2 N–H and O–H groups in total. The number of thiophene rings is 1. The fourth-order valence-electron chi connectivity index (χ4n) is 1.42. The van der Waals surface area contributed by atoms with Gasteiger partial charge in [-0.25, -0.2) is 0 Å². The molecule has 0 spiro atoms. The van der Waals surface area contributed by atoms with E-state index in [1.165, 1.54) is 5.56 Å². The van der Waals surface area contributed by atoms with Crippen molar-refractivity contribution in [2.45, 2.75) is 13.1 Å². The predicted molar refractivity (Wildman–Crippen MR) is 77.8 cm³/mol. The van der Waals surface area contributed by atoms with Gasteiger partial charge in [0.25, 0.3) is 0 Å². The number of hydrogen-bond acceptors (Lipinski definition) is 3. The summed E-state index contributed by atoms with van der Waals surface area (Å²) in [6.45, 7) is 1.46. The summed E-state index contributed by atoms with van der Waals surface area (Å²) in [4.78, 5) is 4.16. The quantitative estimate of drug-likeness (QED) is 0.670. The molecule has 2 heterocycles. The van der Waals surface area contributed by atoms with E-state index in [1.807, 2.05) is 6.07 Å². The number of halogens is 1. The minimum atomic E-state index is 0.698. The number of hydrogen-bond donors (Lipinski definition) is 2. The summed E-state index contributed by atoms with van der Waals surface area (Å²) < 4.78 is 6.15. The molecule has 0 bridgehead atoms. The van der Waals surface area contributed by atoms with E-state index in [0.29, 0.717) is 6.54 Å². The van der Waals surface area contributed by atoms with Crippen molar-refractivity contribution in [1.82, 2.24) is 10.6 Å². The first-order valence-electron chi connectivity index (χ1n) is 5.46. The molecule has 0 aliphatic carbocycles. The van der Waals surface area contributed by atoms with Crippen LogP contribution in [-0.2, 0) is 13.1 Å². The van der Waals surface area contributed by atoms with Crippen LogP contribution < -0.4 is 10.6 Å². The third-order valence-electron chi connectivity index (χ3n) is 2.35. The lowest BCUT2D eigenvalue weighted by Gasteiger charge is -2.10. The second-order valence-corrected chi connectivity index (χ2v) is 5.96. The molecule has 0 saturated heterocycles. The average molecular weight is 328 g/mol. The summed E-state index contributed by atoms with van der Waals surface area (Å²) in [6.07, 6.45) is 3.38. The van der Waals surface area contributed by atoms with E-state index in [4.69, 9.17) is 4.42 Å². The maximum Gasteiger partial charge on any atom is 0.191 e. The molecule has 0 unspecified atom stereocenters. The van der Waals surface area contributed by atoms with Crippen molar-refractivity contribution < 1.29 is 4.42 Å². The second-order valence-electron chi connectivity index (χ2n) is 3.67. The van der Waals surface area contributed by atoms with E-state index in [0.717, 1.165) is 21.9 Å². The molecule has 4 nitrogen and oxygen atoms in total. The van der Waals surface area contributed by atoms with E-state index in [-0.39, 0.29) is 0 Å². The van der Waals surface area contributed by atoms with Crippen LogP contribution in [0.3, 0.4) is 0 Å². The van der Waals surface area contributed by atoms with Gasteiger partial charge in [0, 0.05) is 25.7 Å². The zero-order chi connectivity index (χ0) is 12.8. The van der Waals surface area contributed by atoms with Gasteiger partial charge in [-0.1, -0.05) is 0 Å². The minimum absolute atomic E-state index is 0.698. The molecule has 6 heteroatoms. The Hall–Kier alpha value is -1.27. The third-order valence-corrected chi connectivity index (χ3v) is 3.90. The van der Waals surface area contributed by atoms with Crippen molar-refractivity contribution >= 4 is 33.2 Å². The molecule has 0 amide bonds. The Balaban J connectivity index is 1.79. The molecule has 0 aliphatic heterocycles. The smallest absolute Gasteiger partial charge is 0.191 e. The van der Waals surface area contributed by atoms with E-state index in [2.05, 4.69) is 43.0 Å². The zero-order valence-corrected chi connectivity index (χ0v) is 12.3. The van der Waals surface area contributed by atoms with Gasteiger partial charge in [0.2, 0.25) is 0 Å². The summed E-state index contributed by atoms with van der Waals surface area (Å²) in [7, 11) is 1.76. The Morgan fingerprint density at radius 2 is 2.17 bits per heavy atom. The molecule has 2 aromatic heterocycles. The fourth-order valence-corrected chi connectivity index (χ4v) is 2.63. The average Bonchev–Trinajstić information content (AvgIpc) is 3.01. The lowest BCUT2D eigenvalue weighted by Crippen LogP contribution is -2.36. The van der Waals surface area contributed by atoms with Crippen molar-refractivity contribution in [3.05, 3.63) is 45.0 Å². The van der Waals surface area contributed by atoms with Crippen LogP contribution in [0, 0.1) is 0 Å². The van der Waals surface area contributed by atoms with Crippen molar-refractivity contribution in [3.8, 4) is 0 Å². The highest BCUT2D eigenvalue weighted by molar-refractivity contribution is 9.11. The Morgan fingerprint density at radius 1 is 1.39 bits per heavy atom. The molecule has 2 rings (SSSR count). The standard InChI is InChI=1S/C12H14BrN3OS/c1-14-12(15-5-9-2-3-17-7-9)16-6-10-4-11(13)18-8-10/h2-4,7-8H,5-6H2,1H3,(H2,14,15,16). The minimum Gasteiger partial charge on any atom is -0.472 e. The van der Waals surface area contributed by atoms with E-state index in [9.17, 15) is 0 Å². The van der Waals surface area contributed by atoms with Crippen LogP contribution in [-0.4, -0.2) is 13.0 Å². The number of furan rings is 1. The third kappa shape index (κ3) is 3.89. The summed E-state index contributed by atoms with van der Waals surface area (Å²) >= 11 is 5.13. The predicted octanol–water partition coefficient (Wildman–Crippen LogP) is 2.97. The SMILES string of the molecule is CN=C(NCc1ccoc1)NCc1csc(Br)c1. The van der Waals surface area contributed by atoms with Crippen LogP contribution in [0.5, 0.6) is 0 Å². The second kappa shape index (κ2) is 6.61. The summed E-state index contributed by atoms with van der Waals surface area (Å²) in [5.41, 5.74) is 2.33. The van der Waals surface area contributed by atoms with E-state index in [1.54, 1.807) is 30.9 Å².